The molecule has 23 heavy (non-hydrogen) atoms. The Morgan fingerprint density at radius 1 is 1.35 bits per heavy atom. The number of nitrogens with zero attached hydrogens (tertiary/aromatic N) is 1. The van der Waals surface area contributed by atoms with Crippen molar-refractivity contribution in [2.45, 2.75) is 31.8 Å². The highest BCUT2D eigenvalue weighted by molar-refractivity contribution is 9.10. The first-order valence-corrected chi connectivity index (χ1v) is 9.26. The van der Waals surface area contributed by atoms with Gasteiger partial charge in [0, 0.05) is 24.2 Å². The van der Waals surface area contributed by atoms with Gasteiger partial charge in [0.15, 0.2) is 6.61 Å². The van der Waals surface area contributed by atoms with Gasteiger partial charge in [-0.2, -0.15) is 0 Å². The molecule has 1 saturated carbocycles. The van der Waals surface area contributed by atoms with Crippen molar-refractivity contribution in [3.63, 3.8) is 0 Å². The number of amides is 1. The maximum atomic E-state index is 12.5. The van der Waals surface area contributed by atoms with Gasteiger partial charge >= 0.3 is 0 Å². The van der Waals surface area contributed by atoms with Crippen LogP contribution in [-0.2, 0) is 9.53 Å². The van der Waals surface area contributed by atoms with E-state index in [1.807, 2.05) is 11.0 Å². The van der Waals surface area contributed by atoms with Crippen molar-refractivity contribution in [2.75, 3.05) is 26.3 Å². The van der Waals surface area contributed by atoms with E-state index in [-0.39, 0.29) is 18.6 Å². The molecule has 1 aromatic carbocycles. The van der Waals surface area contributed by atoms with E-state index in [9.17, 15) is 4.79 Å². The molecule has 0 radical (unpaired) electrons. The molecule has 1 aliphatic heterocycles. The zero-order chi connectivity index (χ0) is 16.2. The summed E-state index contributed by atoms with van der Waals surface area (Å²) in [6, 6.07) is 5.38. The third kappa shape index (κ3) is 5.10. The fraction of sp³-hybridized carbons (Fsp3) is 0.588. The molecule has 1 amide bonds. The molecule has 1 aromatic rings. The molecule has 1 unspecified atom stereocenters. The molecule has 6 heteroatoms. The van der Waals surface area contributed by atoms with E-state index in [4.69, 9.17) is 21.1 Å². The summed E-state index contributed by atoms with van der Waals surface area (Å²) in [5.41, 5.74) is 0. The smallest absolute Gasteiger partial charge is 0.260 e. The molecule has 2 fully saturated rings. The number of hydrogen-bond donors (Lipinski definition) is 0. The Morgan fingerprint density at radius 3 is 2.83 bits per heavy atom. The lowest BCUT2D eigenvalue weighted by atomic mass is 10.2. The number of carbonyl (C=O) groups is 1. The Labute approximate surface area is 150 Å². The summed E-state index contributed by atoms with van der Waals surface area (Å²) >= 11 is 9.48. The lowest BCUT2D eigenvalue weighted by molar-refractivity contribution is -0.135. The molecular weight excluding hydrogens is 382 g/mol. The second kappa shape index (κ2) is 7.86. The predicted molar refractivity (Wildman–Crippen MR) is 92.9 cm³/mol. The monoisotopic (exact) mass is 401 g/mol. The highest BCUT2D eigenvalue weighted by Gasteiger charge is 2.29. The van der Waals surface area contributed by atoms with Crippen LogP contribution in [0.3, 0.4) is 0 Å². The number of halogens is 2. The van der Waals surface area contributed by atoms with Gasteiger partial charge in [0.25, 0.3) is 5.91 Å². The molecule has 3 rings (SSSR count). The van der Waals surface area contributed by atoms with Crippen molar-refractivity contribution in [1.82, 2.24) is 4.90 Å². The fourth-order valence-corrected chi connectivity index (χ4v) is 3.48. The summed E-state index contributed by atoms with van der Waals surface area (Å²) in [4.78, 5) is 14.4. The van der Waals surface area contributed by atoms with E-state index in [1.54, 1.807) is 12.1 Å². The van der Waals surface area contributed by atoms with E-state index >= 15 is 0 Å². The van der Waals surface area contributed by atoms with Crippen LogP contribution >= 0.6 is 27.5 Å². The minimum Gasteiger partial charge on any atom is -0.482 e. The standard InChI is InChI=1S/C17H21BrClNO3/c18-13-5-6-16(15(19)8-13)23-11-17(21)20(9-12-3-4-12)10-14-2-1-7-22-14/h5-6,8,12,14H,1-4,7,9-11H2. The molecule has 0 bridgehead atoms. The van der Waals surface area contributed by atoms with E-state index in [0.29, 0.717) is 23.2 Å². The summed E-state index contributed by atoms with van der Waals surface area (Å²) in [7, 11) is 0. The minimum atomic E-state index is 0.00591. The van der Waals surface area contributed by atoms with Crippen molar-refractivity contribution in [2.24, 2.45) is 5.92 Å². The highest BCUT2D eigenvalue weighted by atomic mass is 79.9. The first-order chi connectivity index (χ1) is 11.1. The SMILES string of the molecule is O=C(COc1ccc(Br)cc1Cl)N(CC1CC1)CC1CCCO1. The molecule has 1 saturated heterocycles. The van der Waals surface area contributed by atoms with Gasteiger partial charge in [-0.05, 0) is 49.8 Å². The van der Waals surface area contributed by atoms with Gasteiger partial charge in [-0.3, -0.25) is 4.79 Å². The van der Waals surface area contributed by atoms with Crippen molar-refractivity contribution >= 4 is 33.4 Å². The highest BCUT2D eigenvalue weighted by Crippen LogP contribution is 2.31. The largest absolute Gasteiger partial charge is 0.482 e. The topological polar surface area (TPSA) is 38.8 Å². The summed E-state index contributed by atoms with van der Waals surface area (Å²) in [6.07, 6.45) is 4.73. The second-order valence-corrected chi connectivity index (χ2v) is 7.56. The van der Waals surface area contributed by atoms with Crippen LogP contribution in [0.2, 0.25) is 5.02 Å². The Bertz CT molecular complexity index is 559. The third-order valence-corrected chi connectivity index (χ3v) is 5.01. The number of hydrogen-bond acceptors (Lipinski definition) is 3. The van der Waals surface area contributed by atoms with Crippen LogP contribution in [0, 0.1) is 5.92 Å². The quantitative estimate of drug-likeness (QED) is 0.694. The Kier molecular flexibility index (Phi) is 5.83. The van der Waals surface area contributed by atoms with Gasteiger partial charge in [0.2, 0.25) is 0 Å². The molecule has 0 aromatic heterocycles. The number of benzene rings is 1. The maximum absolute atomic E-state index is 12.5. The minimum absolute atomic E-state index is 0.00591. The summed E-state index contributed by atoms with van der Waals surface area (Å²) in [5, 5.41) is 0.500. The lowest BCUT2D eigenvalue weighted by Crippen LogP contribution is -2.41. The number of carbonyl (C=O) groups excluding carboxylic acids is 1. The number of ether oxygens (including phenoxy) is 2. The van der Waals surface area contributed by atoms with Crippen LogP contribution in [0.15, 0.2) is 22.7 Å². The summed E-state index contributed by atoms with van der Waals surface area (Å²) in [5.74, 6) is 1.19. The predicted octanol–water partition coefficient (Wildman–Crippen LogP) is 3.90. The molecule has 4 nitrogen and oxygen atoms in total. The Hall–Kier alpha value is -0.780. The van der Waals surface area contributed by atoms with Gasteiger partial charge in [0.1, 0.15) is 5.75 Å². The first kappa shape index (κ1) is 17.1. The zero-order valence-electron chi connectivity index (χ0n) is 13.0. The molecule has 1 atom stereocenters. The van der Waals surface area contributed by atoms with Crippen LogP contribution in [0.1, 0.15) is 25.7 Å². The van der Waals surface area contributed by atoms with Crippen molar-refractivity contribution in [3.8, 4) is 5.75 Å². The average Bonchev–Trinajstić information content (AvgIpc) is 3.18. The van der Waals surface area contributed by atoms with Gasteiger partial charge in [-0.25, -0.2) is 0 Å². The van der Waals surface area contributed by atoms with Gasteiger partial charge in [-0.1, -0.05) is 27.5 Å². The van der Waals surface area contributed by atoms with Crippen LogP contribution in [-0.4, -0.2) is 43.2 Å². The molecule has 0 spiro atoms. The van der Waals surface area contributed by atoms with E-state index in [2.05, 4.69) is 15.9 Å². The van der Waals surface area contributed by atoms with Gasteiger partial charge < -0.3 is 14.4 Å². The van der Waals surface area contributed by atoms with Crippen LogP contribution in [0.5, 0.6) is 5.75 Å². The van der Waals surface area contributed by atoms with Crippen LogP contribution in [0.4, 0.5) is 0 Å². The lowest BCUT2D eigenvalue weighted by Gasteiger charge is -2.25. The van der Waals surface area contributed by atoms with Crippen molar-refractivity contribution in [1.29, 1.82) is 0 Å². The Morgan fingerprint density at radius 2 is 2.17 bits per heavy atom. The second-order valence-electron chi connectivity index (χ2n) is 6.24. The fourth-order valence-electron chi connectivity index (χ4n) is 2.75. The van der Waals surface area contributed by atoms with E-state index < -0.39 is 0 Å². The molecule has 1 heterocycles. The molecule has 0 N–H and O–H groups in total. The van der Waals surface area contributed by atoms with Crippen LogP contribution in [0.25, 0.3) is 0 Å². The third-order valence-electron chi connectivity index (χ3n) is 4.22. The molecule has 1 aliphatic carbocycles. The van der Waals surface area contributed by atoms with Gasteiger partial charge in [0.05, 0.1) is 11.1 Å². The van der Waals surface area contributed by atoms with E-state index in [1.165, 1.54) is 12.8 Å². The first-order valence-electron chi connectivity index (χ1n) is 8.09. The van der Waals surface area contributed by atoms with Gasteiger partial charge in [-0.15, -0.1) is 0 Å². The normalized spacial score (nSPS) is 20.5. The van der Waals surface area contributed by atoms with Crippen molar-refractivity contribution < 1.29 is 14.3 Å². The maximum Gasteiger partial charge on any atom is 0.260 e. The van der Waals surface area contributed by atoms with Crippen molar-refractivity contribution in [3.05, 3.63) is 27.7 Å². The van der Waals surface area contributed by atoms with Crippen LogP contribution < -0.4 is 4.74 Å². The number of rotatable bonds is 7. The molecule has 126 valence electrons. The zero-order valence-corrected chi connectivity index (χ0v) is 15.3. The average molecular weight is 403 g/mol. The van der Waals surface area contributed by atoms with E-state index in [0.717, 1.165) is 30.5 Å². The molecular formula is C17H21BrClNO3. The molecule has 2 aliphatic rings. The summed E-state index contributed by atoms with van der Waals surface area (Å²) < 4.78 is 12.2. The Balaban J connectivity index is 1.55. The summed E-state index contributed by atoms with van der Waals surface area (Å²) in [6.45, 7) is 2.31.